The first kappa shape index (κ1) is 23.9. The van der Waals surface area contributed by atoms with E-state index in [4.69, 9.17) is 9.73 Å². The lowest BCUT2D eigenvalue weighted by atomic mass is 10.1. The molecular weight excluding hydrogens is 453 g/mol. The highest BCUT2D eigenvalue weighted by molar-refractivity contribution is 14.0. The van der Waals surface area contributed by atoms with Gasteiger partial charge in [-0.15, -0.1) is 24.0 Å². The molecule has 2 rings (SSSR count). The van der Waals surface area contributed by atoms with Crippen LogP contribution in [-0.2, 0) is 6.54 Å². The average Bonchev–Trinajstić information content (AvgIpc) is 3.00. The van der Waals surface area contributed by atoms with Crippen LogP contribution in [0.3, 0.4) is 0 Å². The van der Waals surface area contributed by atoms with Gasteiger partial charge in [0.25, 0.3) is 0 Å². The van der Waals surface area contributed by atoms with Gasteiger partial charge in [-0.05, 0) is 38.7 Å². The molecule has 2 N–H and O–H groups in total. The Morgan fingerprint density at radius 1 is 1.33 bits per heavy atom. The zero-order valence-electron chi connectivity index (χ0n) is 17.4. The first-order chi connectivity index (χ1) is 12.5. The van der Waals surface area contributed by atoms with E-state index in [1.165, 1.54) is 0 Å². The Kier molecular flexibility index (Phi) is 11.0. The van der Waals surface area contributed by atoms with Gasteiger partial charge in [0.1, 0.15) is 0 Å². The number of aliphatic imine (C=N–C) groups is 1. The quantitative estimate of drug-likeness (QED) is 0.334. The summed E-state index contributed by atoms with van der Waals surface area (Å²) in [5.74, 6) is 2.16. The normalized spacial score (nSPS) is 20.4. The Bertz CT molecular complexity index is 564. The molecule has 1 aromatic rings. The van der Waals surface area contributed by atoms with Crippen molar-refractivity contribution in [3.05, 3.63) is 23.9 Å². The van der Waals surface area contributed by atoms with Crippen LogP contribution < -0.4 is 15.4 Å². The van der Waals surface area contributed by atoms with E-state index in [1.54, 1.807) is 0 Å². The predicted molar refractivity (Wildman–Crippen MR) is 123 cm³/mol. The van der Waals surface area contributed by atoms with Gasteiger partial charge in [-0.1, -0.05) is 19.9 Å². The van der Waals surface area contributed by atoms with Gasteiger partial charge in [-0.25, -0.2) is 9.98 Å². The monoisotopic (exact) mass is 489 g/mol. The second kappa shape index (κ2) is 12.4. The zero-order valence-corrected chi connectivity index (χ0v) is 19.7. The Labute approximate surface area is 181 Å². The molecule has 0 amide bonds. The van der Waals surface area contributed by atoms with E-state index in [0.29, 0.717) is 37.0 Å². The number of aromatic nitrogens is 1. The summed E-state index contributed by atoms with van der Waals surface area (Å²) in [5, 5.41) is 6.97. The highest BCUT2D eigenvalue weighted by atomic mass is 127. The van der Waals surface area contributed by atoms with Crippen LogP contribution in [0.5, 0.6) is 5.88 Å². The zero-order chi connectivity index (χ0) is 18.9. The van der Waals surface area contributed by atoms with E-state index in [9.17, 15) is 0 Å². The molecule has 0 saturated carbocycles. The average molecular weight is 489 g/mol. The number of likely N-dealkylation sites (tertiary alicyclic amines) is 1. The van der Waals surface area contributed by atoms with Crippen molar-refractivity contribution < 1.29 is 4.74 Å². The Hall–Kier alpha value is -1.09. The largest absolute Gasteiger partial charge is 0.478 e. The number of pyridine rings is 1. The molecule has 2 unspecified atom stereocenters. The maximum atomic E-state index is 5.53. The molecule has 7 heteroatoms. The minimum atomic E-state index is 0. The molecule has 6 nitrogen and oxygen atoms in total. The number of ether oxygens (including phenoxy) is 1. The van der Waals surface area contributed by atoms with E-state index in [-0.39, 0.29) is 24.0 Å². The molecule has 0 radical (unpaired) electrons. The van der Waals surface area contributed by atoms with Crippen molar-refractivity contribution in [1.82, 2.24) is 20.5 Å². The molecular formula is C20H36IN5O. The number of nitrogens with one attached hydrogen (secondary N) is 2. The molecule has 1 aromatic heterocycles. The maximum absolute atomic E-state index is 5.53. The van der Waals surface area contributed by atoms with Gasteiger partial charge in [0.05, 0.1) is 13.2 Å². The predicted octanol–water partition coefficient (Wildman–Crippen LogP) is 3.27. The van der Waals surface area contributed by atoms with E-state index >= 15 is 0 Å². The Morgan fingerprint density at radius 3 is 2.67 bits per heavy atom. The molecule has 0 spiro atoms. The highest BCUT2D eigenvalue weighted by Crippen LogP contribution is 2.18. The fourth-order valence-corrected chi connectivity index (χ4v) is 3.08. The van der Waals surface area contributed by atoms with Crippen LogP contribution >= 0.6 is 24.0 Å². The van der Waals surface area contributed by atoms with E-state index in [2.05, 4.69) is 55.1 Å². The van der Waals surface area contributed by atoms with Crippen LogP contribution in [0.15, 0.2) is 23.3 Å². The van der Waals surface area contributed by atoms with Crippen molar-refractivity contribution in [2.24, 2.45) is 10.9 Å². The number of hydrogen-bond donors (Lipinski definition) is 2. The standard InChI is InChI=1S/C20H35N5O.HI/c1-6-10-26-19-9-8-17(11-22-19)12-23-20(21-7-2)24-18-14-25(15(3)4)13-16(18)5;/h8-9,11,15-16,18H,6-7,10,12-14H2,1-5H3,(H2,21,23,24);1H. The van der Waals surface area contributed by atoms with E-state index < -0.39 is 0 Å². The molecule has 1 saturated heterocycles. The SMILES string of the molecule is CCCOc1ccc(CN=C(NCC)NC2CN(C(C)C)CC2C)cn1.I. The summed E-state index contributed by atoms with van der Waals surface area (Å²) in [6, 6.07) is 4.96. The molecule has 1 aliphatic rings. The van der Waals surface area contributed by atoms with Crippen LogP contribution in [0.25, 0.3) is 0 Å². The van der Waals surface area contributed by atoms with Gasteiger partial charge in [0, 0.05) is 44.0 Å². The number of hydrogen-bond acceptors (Lipinski definition) is 4. The molecule has 0 bridgehead atoms. The van der Waals surface area contributed by atoms with Crippen molar-refractivity contribution in [3.63, 3.8) is 0 Å². The Morgan fingerprint density at radius 2 is 2.11 bits per heavy atom. The topological polar surface area (TPSA) is 61.8 Å². The fourth-order valence-electron chi connectivity index (χ4n) is 3.08. The Balaban J connectivity index is 0.00000364. The van der Waals surface area contributed by atoms with E-state index in [0.717, 1.165) is 37.6 Å². The third-order valence-electron chi connectivity index (χ3n) is 4.71. The van der Waals surface area contributed by atoms with Gasteiger partial charge >= 0.3 is 0 Å². The molecule has 0 aliphatic carbocycles. The summed E-state index contributed by atoms with van der Waals surface area (Å²) < 4.78 is 5.53. The molecule has 2 atom stereocenters. The fraction of sp³-hybridized carbons (Fsp3) is 0.700. The first-order valence-corrected chi connectivity index (χ1v) is 9.90. The summed E-state index contributed by atoms with van der Waals surface area (Å²) in [6.45, 7) is 15.4. The molecule has 2 heterocycles. The van der Waals surface area contributed by atoms with Gasteiger partial charge in [0.2, 0.25) is 5.88 Å². The van der Waals surface area contributed by atoms with Crippen molar-refractivity contribution in [2.45, 2.75) is 59.7 Å². The maximum Gasteiger partial charge on any atom is 0.213 e. The molecule has 1 aliphatic heterocycles. The van der Waals surface area contributed by atoms with Crippen LogP contribution in [-0.4, -0.2) is 54.2 Å². The lowest BCUT2D eigenvalue weighted by Gasteiger charge is -2.22. The van der Waals surface area contributed by atoms with Gasteiger partial charge in [0.15, 0.2) is 5.96 Å². The van der Waals surface area contributed by atoms with Crippen LogP contribution in [0.4, 0.5) is 0 Å². The van der Waals surface area contributed by atoms with Crippen LogP contribution in [0.2, 0.25) is 0 Å². The summed E-state index contributed by atoms with van der Waals surface area (Å²) in [6.07, 6.45) is 2.83. The number of halogens is 1. The lowest BCUT2D eigenvalue weighted by Crippen LogP contribution is -2.46. The van der Waals surface area contributed by atoms with E-state index in [1.807, 2.05) is 18.3 Å². The lowest BCUT2D eigenvalue weighted by molar-refractivity contribution is 0.265. The van der Waals surface area contributed by atoms with Crippen molar-refractivity contribution in [2.75, 3.05) is 26.2 Å². The first-order valence-electron chi connectivity index (χ1n) is 9.90. The van der Waals surface area contributed by atoms with Crippen molar-refractivity contribution in [1.29, 1.82) is 0 Å². The second-order valence-electron chi connectivity index (χ2n) is 7.32. The summed E-state index contributed by atoms with van der Waals surface area (Å²) in [7, 11) is 0. The van der Waals surface area contributed by atoms with Gasteiger partial charge < -0.3 is 15.4 Å². The summed E-state index contributed by atoms with van der Waals surface area (Å²) >= 11 is 0. The van der Waals surface area contributed by atoms with Crippen LogP contribution in [0, 0.1) is 5.92 Å². The minimum absolute atomic E-state index is 0. The van der Waals surface area contributed by atoms with Gasteiger partial charge in [-0.3, -0.25) is 4.90 Å². The highest BCUT2D eigenvalue weighted by Gasteiger charge is 2.31. The van der Waals surface area contributed by atoms with Gasteiger partial charge in [-0.2, -0.15) is 0 Å². The molecule has 0 aromatic carbocycles. The summed E-state index contributed by atoms with van der Waals surface area (Å²) in [5.41, 5.74) is 1.08. The molecule has 1 fully saturated rings. The minimum Gasteiger partial charge on any atom is -0.478 e. The smallest absolute Gasteiger partial charge is 0.213 e. The second-order valence-corrected chi connectivity index (χ2v) is 7.32. The number of guanidine groups is 1. The van der Waals surface area contributed by atoms with Crippen molar-refractivity contribution >= 4 is 29.9 Å². The van der Waals surface area contributed by atoms with Crippen molar-refractivity contribution in [3.8, 4) is 5.88 Å². The molecule has 154 valence electrons. The number of nitrogens with zero attached hydrogens (tertiary/aromatic N) is 3. The summed E-state index contributed by atoms with van der Waals surface area (Å²) in [4.78, 5) is 11.6. The number of rotatable bonds is 8. The third-order valence-corrected chi connectivity index (χ3v) is 4.71. The molecule has 27 heavy (non-hydrogen) atoms. The van der Waals surface area contributed by atoms with Crippen LogP contribution in [0.1, 0.15) is 46.6 Å². The third kappa shape index (κ3) is 7.81.